The molecule has 1 aromatic rings. The monoisotopic (exact) mass is 258 g/mol. The Hall–Kier alpha value is -0.540. The fourth-order valence-electron chi connectivity index (χ4n) is 2.20. The highest BCUT2D eigenvalue weighted by Gasteiger charge is 2.33. The molecule has 0 radical (unpaired) electrons. The number of hydrogen-bond donors (Lipinski definition) is 0. The van der Waals surface area contributed by atoms with E-state index in [4.69, 9.17) is 11.6 Å². The van der Waals surface area contributed by atoms with Crippen molar-refractivity contribution in [1.29, 1.82) is 0 Å². The molecule has 1 heterocycles. The molecule has 0 amide bonds. The Morgan fingerprint density at radius 1 is 1.38 bits per heavy atom. The highest BCUT2D eigenvalue weighted by molar-refractivity contribution is 7.91. The lowest BCUT2D eigenvalue weighted by atomic mass is 9.95. The zero-order chi connectivity index (χ0) is 11.8. The van der Waals surface area contributed by atoms with Gasteiger partial charge in [0.25, 0.3) is 0 Å². The molecule has 2 rings (SSSR count). The molecule has 0 aliphatic carbocycles. The minimum atomic E-state index is -2.85. The van der Waals surface area contributed by atoms with E-state index >= 15 is 0 Å². The van der Waals surface area contributed by atoms with Gasteiger partial charge in [-0.15, -0.1) is 11.6 Å². The van der Waals surface area contributed by atoms with Gasteiger partial charge in [0.05, 0.1) is 16.9 Å². The quantitative estimate of drug-likeness (QED) is 0.765. The van der Waals surface area contributed by atoms with E-state index in [1.807, 2.05) is 31.2 Å². The molecule has 1 saturated heterocycles. The van der Waals surface area contributed by atoms with Crippen molar-refractivity contribution in [3.8, 4) is 0 Å². The molecule has 1 aromatic carbocycles. The number of halogens is 1. The van der Waals surface area contributed by atoms with Gasteiger partial charge in [-0.05, 0) is 30.4 Å². The maximum Gasteiger partial charge on any atom is 0.150 e. The maximum absolute atomic E-state index is 11.4. The smallest absolute Gasteiger partial charge is 0.150 e. The van der Waals surface area contributed by atoms with Crippen LogP contribution in [-0.4, -0.2) is 19.9 Å². The third kappa shape index (κ3) is 2.41. The molecular weight excluding hydrogens is 244 g/mol. The van der Waals surface area contributed by atoms with Crippen molar-refractivity contribution >= 4 is 21.4 Å². The van der Waals surface area contributed by atoms with Crippen LogP contribution < -0.4 is 0 Å². The number of rotatable bonds is 2. The van der Waals surface area contributed by atoms with Crippen LogP contribution in [0, 0.1) is 12.8 Å². The predicted molar refractivity (Wildman–Crippen MR) is 66.5 cm³/mol. The molecule has 1 fully saturated rings. The van der Waals surface area contributed by atoms with E-state index in [2.05, 4.69) is 0 Å². The van der Waals surface area contributed by atoms with E-state index in [0.29, 0.717) is 6.42 Å². The van der Waals surface area contributed by atoms with Gasteiger partial charge in [0.1, 0.15) is 0 Å². The number of aryl methyl sites for hydroxylation is 1. The molecule has 1 aliphatic heterocycles. The van der Waals surface area contributed by atoms with Gasteiger partial charge in [0, 0.05) is 0 Å². The Morgan fingerprint density at radius 2 is 2.06 bits per heavy atom. The van der Waals surface area contributed by atoms with E-state index in [1.165, 1.54) is 0 Å². The SMILES string of the molecule is Cc1ccccc1C(Cl)C1CCS(=O)(=O)C1. The summed E-state index contributed by atoms with van der Waals surface area (Å²) in [6, 6.07) is 7.90. The summed E-state index contributed by atoms with van der Waals surface area (Å²) in [5, 5.41) is -0.182. The Kier molecular flexibility index (Phi) is 3.27. The summed E-state index contributed by atoms with van der Waals surface area (Å²) in [4.78, 5) is 0. The van der Waals surface area contributed by atoms with Crippen LogP contribution in [0.3, 0.4) is 0 Å². The number of sulfone groups is 1. The first kappa shape index (κ1) is 11.9. The van der Waals surface area contributed by atoms with Gasteiger partial charge in [-0.3, -0.25) is 0 Å². The summed E-state index contributed by atoms with van der Waals surface area (Å²) in [7, 11) is -2.85. The van der Waals surface area contributed by atoms with Gasteiger partial charge in [-0.25, -0.2) is 8.42 Å². The molecule has 2 nitrogen and oxygen atoms in total. The Balaban J connectivity index is 2.21. The van der Waals surface area contributed by atoms with E-state index in [1.54, 1.807) is 0 Å². The number of benzene rings is 1. The molecule has 0 bridgehead atoms. The zero-order valence-electron chi connectivity index (χ0n) is 9.19. The standard InChI is InChI=1S/C12H15ClO2S/c1-9-4-2-3-5-11(9)12(13)10-6-7-16(14,15)8-10/h2-5,10,12H,6-8H2,1H3. The van der Waals surface area contributed by atoms with Crippen molar-refractivity contribution in [2.24, 2.45) is 5.92 Å². The molecule has 1 aliphatic rings. The second-order valence-corrected chi connectivity index (χ2v) is 7.12. The van der Waals surface area contributed by atoms with Crippen LogP contribution in [0.2, 0.25) is 0 Å². The van der Waals surface area contributed by atoms with E-state index in [0.717, 1.165) is 11.1 Å². The Morgan fingerprint density at radius 3 is 2.62 bits per heavy atom. The minimum absolute atomic E-state index is 0.0627. The lowest BCUT2D eigenvalue weighted by Gasteiger charge is -2.17. The summed E-state index contributed by atoms with van der Waals surface area (Å²) in [6.45, 7) is 2.01. The van der Waals surface area contributed by atoms with Gasteiger partial charge in [0.2, 0.25) is 0 Å². The zero-order valence-corrected chi connectivity index (χ0v) is 10.8. The Labute approximate surface area is 102 Å². The highest BCUT2D eigenvalue weighted by Crippen LogP contribution is 2.37. The van der Waals surface area contributed by atoms with Crippen LogP contribution in [0.15, 0.2) is 24.3 Å². The second kappa shape index (κ2) is 4.38. The summed E-state index contributed by atoms with van der Waals surface area (Å²) < 4.78 is 22.8. The molecule has 16 heavy (non-hydrogen) atoms. The molecular formula is C12H15ClO2S. The average Bonchev–Trinajstić information content (AvgIpc) is 2.59. The van der Waals surface area contributed by atoms with E-state index < -0.39 is 9.84 Å². The molecule has 88 valence electrons. The van der Waals surface area contributed by atoms with Crippen molar-refractivity contribution in [1.82, 2.24) is 0 Å². The first-order valence-electron chi connectivity index (χ1n) is 5.39. The average molecular weight is 259 g/mol. The summed E-state index contributed by atoms with van der Waals surface area (Å²) in [5.74, 6) is 0.579. The van der Waals surface area contributed by atoms with Gasteiger partial charge < -0.3 is 0 Å². The first-order valence-corrected chi connectivity index (χ1v) is 7.65. The molecule has 4 heteroatoms. The van der Waals surface area contributed by atoms with Crippen LogP contribution in [0.25, 0.3) is 0 Å². The maximum atomic E-state index is 11.4. The molecule has 2 atom stereocenters. The lowest BCUT2D eigenvalue weighted by molar-refractivity contribution is 0.567. The first-order chi connectivity index (χ1) is 7.49. The fraction of sp³-hybridized carbons (Fsp3) is 0.500. The van der Waals surface area contributed by atoms with E-state index in [-0.39, 0.29) is 22.8 Å². The molecule has 0 saturated carbocycles. The van der Waals surface area contributed by atoms with Crippen LogP contribution in [-0.2, 0) is 9.84 Å². The summed E-state index contributed by atoms with van der Waals surface area (Å²) in [6.07, 6.45) is 0.685. The molecule has 0 spiro atoms. The molecule has 0 N–H and O–H groups in total. The summed E-state index contributed by atoms with van der Waals surface area (Å²) in [5.41, 5.74) is 2.19. The Bertz CT molecular complexity index is 482. The van der Waals surface area contributed by atoms with Crippen molar-refractivity contribution in [2.75, 3.05) is 11.5 Å². The van der Waals surface area contributed by atoms with Crippen molar-refractivity contribution in [2.45, 2.75) is 18.7 Å². The largest absolute Gasteiger partial charge is 0.229 e. The van der Waals surface area contributed by atoms with Crippen molar-refractivity contribution in [3.05, 3.63) is 35.4 Å². The predicted octanol–water partition coefficient (Wildman–Crippen LogP) is 2.71. The van der Waals surface area contributed by atoms with Gasteiger partial charge in [0.15, 0.2) is 9.84 Å². The van der Waals surface area contributed by atoms with Crippen LogP contribution >= 0.6 is 11.6 Å². The number of hydrogen-bond acceptors (Lipinski definition) is 2. The van der Waals surface area contributed by atoms with Crippen molar-refractivity contribution in [3.63, 3.8) is 0 Å². The normalized spacial score (nSPS) is 25.5. The number of alkyl halides is 1. The highest BCUT2D eigenvalue weighted by atomic mass is 35.5. The van der Waals surface area contributed by atoms with Gasteiger partial charge in [-0.2, -0.15) is 0 Å². The summed E-state index contributed by atoms with van der Waals surface area (Å²) >= 11 is 6.38. The molecule has 0 aromatic heterocycles. The lowest BCUT2D eigenvalue weighted by Crippen LogP contribution is -2.11. The van der Waals surface area contributed by atoms with E-state index in [9.17, 15) is 8.42 Å². The van der Waals surface area contributed by atoms with Gasteiger partial charge >= 0.3 is 0 Å². The molecule has 2 unspecified atom stereocenters. The topological polar surface area (TPSA) is 34.1 Å². The fourth-order valence-corrected chi connectivity index (χ4v) is 4.61. The van der Waals surface area contributed by atoms with Crippen LogP contribution in [0.4, 0.5) is 0 Å². The van der Waals surface area contributed by atoms with Crippen molar-refractivity contribution < 1.29 is 8.42 Å². The second-order valence-electron chi connectivity index (χ2n) is 4.42. The van der Waals surface area contributed by atoms with Gasteiger partial charge in [-0.1, -0.05) is 24.3 Å². The van der Waals surface area contributed by atoms with Crippen LogP contribution in [0.1, 0.15) is 22.9 Å². The third-order valence-electron chi connectivity index (χ3n) is 3.17. The van der Waals surface area contributed by atoms with Crippen LogP contribution in [0.5, 0.6) is 0 Å². The minimum Gasteiger partial charge on any atom is -0.229 e. The third-order valence-corrected chi connectivity index (χ3v) is 5.55.